The first kappa shape index (κ1) is 12.6. The molecule has 0 saturated heterocycles. The highest BCUT2D eigenvalue weighted by molar-refractivity contribution is 7.10. The molecule has 0 aliphatic rings. The van der Waals surface area contributed by atoms with Crippen molar-refractivity contribution in [2.75, 3.05) is 11.9 Å². The molecule has 0 saturated carbocycles. The smallest absolute Gasteiger partial charge is 0.141 e. The third-order valence-electron chi connectivity index (χ3n) is 2.91. The molecule has 0 bridgehead atoms. The summed E-state index contributed by atoms with van der Waals surface area (Å²) >= 11 is 1.73. The Kier molecular flexibility index (Phi) is 3.62. The van der Waals surface area contributed by atoms with E-state index in [0.717, 1.165) is 5.82 Å². The Bertz CT molecular complexity index is 536. The Labute approximate surface area is 111 Å². The number of rotatable bonds is 4. The van der Waals surface area contributed by atoms with Crippen LogP contribution in [0.25, 0.3) is 0 Å². The summed E-state index contributed by atoms with van der Waals surface area (Å²) in [6.45, 7) is 2.13. The molecule has 2 aromatic rings. The molecule has 1 unspecified atom stereocenters. The Morgan fingerprint density at radius 1 is 1.39 bits per heavy atom. The summed E-state index contributed by atoms with van der Waals surface area (Å²) < 4.78 is 0. The van der Waals surface area contributed by atoms with Gasteiger partial charge in [0.1, 0.15) is 17.3 Å². The molecule has 0 amide bonds. The summed E-state index contributed by atoms with van der Waals surface area (Å²) in [5, 5.41) is 9.49. The van der Waals surface area contributed by atoms with Crippen LogP contribution in [0.15, 0.2) is 35.7 Å². The van der Waals surface area contributed by atoms with Gasteiger partial charge >= 0.3 is 0 Å². The van der Waals surface area contributed by atoms with Gasteiger partial charge in [0.25, 0.3) is 0 Å². The van der Waals surface area contributed by atoms with E-state index >= 15 is 0 Å². The maximum atomic E-state index is 7.42. The van der Waals surface area contributed by atoms with Crippen LogP contribution in [0, 0.1) is 5.41 Å². The predicted molar refractivity (Wildman–Crippen MR) is 76.4 cm³/mol. The minimum Gasteiger partial charge on any atom is -0.382 e. The first-order chi connectivity index (χ1) is 8.59. The number of hydrogen-bond acceptors (Lipinski definition) is 4. The minimum atomic E-state index is -0.00553. The summed E-state index contributed by atoms with van der Waals surface area (Å²) in [4.78, 5) is 7.75. The SMILES string of the molecule is CC(c1cccs1)N(C)c1cccc(C(=N)N)n1. The molecule has 4 nitrogen and oxygen atoms in total. The molecule has 0 aromatic carbocycles. The fourth-order valence-corrected chi connectivity index (χ4v) is 2.51. The second kappa shape index (κ2) is 5.18. The Hall–Kier alpha value is -1.88. The topological polar surface area (TPSA) is 66.0 Å². The van der Waals surface area contributed by atoms with Gasteiger partial charge in [-0.1, -0.05) is 12.1 Å². The van der Waals surface area contributed by atoms with E-state index in [9.17, 15) is 0 Å². The predicted octanol–water partition coefficient (Wildman–Crippen LogP) is 2.62. The lowest BCUT2D eigenvalue weighted by Gasteiger charge is -2.25. The fourth-order valence-electron chi connectivity index (χ4n) is 1.69. The van der Waals surface area contributed by atoms with Crippen molar-refractivity contribution in [3.8, 4) is 0 Å². The molecule has 2 rings (SSSR count). The average molecular weight is 260 g/mol. The van der Waals surface area contributed by atoms with Crippen LogP contribution < -0.4 is 10.6 Å². The van der Waals surface area contributed by atoms with E-state index in [0.29, 0.717) is 5.69 Å². The minimum absolute atomic E-state index is 0.00553. The maximum Gasteiger partial charge on any atom is 0.141 e. The van der Waals surface area contributed by atoms with Gasteiger partial charge in [0, 0.05) is 11.9 Å². The lowest BCUT2D eigenvalue weighted by atomic mass is 10.2. The zero-order chi connectivity index (χ0) is 13.1. The third-order valence-corrected chi connectivity index (χ3v) is 3.95. The van der Waals surface area contributed by atoms with Gasteiger partial charge in [0.2, 0.25) is 0 Å². The molecule has 0 aliphatic carbocycles. The Morgan fingerprint density at radius 2 is 2.17 bits per heavy atom. The molecule has 2 heterocycles. The van der Waals surface area contributed by atoms with Crippen molar-refractivity contribution in [3.63, 3.8) is 0 Å². The van der Waals surface area contributed by atoms with Gasteiger partial charge in [-0.2, -0.15) is 0 Å². The van der Waals surface area contributed by atoms with Crippen LogP contribution in [0.1, 0.15) is 23.5 Å². The molecule has 0 spiro atoms. The van der Waals surface area contributed by atoms with Gasteiger partial charge < -0.3 is 10.6 Å². The zero-order valence-corrected chi connectivity index (χ0v) is 11.2. The van der Waals surface area contributed by atoms with E-state index in [1.165, 1.54) is 4.88 Å². The van der Waals surface area contributed by atoms with Gasteiger partial charge in [-0.25, -0.2) is 4.98 Å². The van der Waals surface area contributed by atoms with Crippen molar-refractivity contribution in [2.24, 2.45) is 5.73 Å². The molecule has 0 fully saturated rings. The van der Waals surface area contributed by atoms with E-state index in [1.54, 1.807) is 17.4 Å². The summed E-state index contributed by atoms with van der Waals surface area (Å²) in [5.74, 6) is 0.817. The highest BCUT2D eigenvalue weighted by Gasteiger charge is 2.14. The first-order valence-corrected chi connectivity index (χ1v) is 6.55. The van der Waals surface area contributed by atoms with E-state index in [1.807, 2.05) is 25.2 Å². The number of amidine groups is 1. The van der Waals surface area contributed by atoms with E-state index in [4.69, 9.17) is 11.1 Å². The summed E-state index contributed by atoms with van der Waals surface area (Å²) in [6, 6.07) is 9.95. The van der Waals surface area contributed by atoms with Gasteiger partial charge in [-0.05, 0) is 30.5 Å². The molecule has 5 heteroatoms. The van der Waals surface area contributed by atoms with Crippen LogP contribution in [-0.4, -0.2) is 17.9 Å². The van der Waals surface area contributed by atoms with E-state index in [2.05, 4.69) is 28.3 Å². The lowest BCUT2D eigenvalue weighted by Crippen LogP contribution is -2.23. The molecular weight excluding hydrogens is 244 g/mol. The van der Waals surface area contributed by atoms with Crippen molar-refractivity contribution in [2.45, 2.75) is 13.0 Å². The summed E-state index contributed by atoms with van der Waals surface area (Å²) in [5.41, 5.74) is 5.97. The van der Waals surface area contributed by atoms with Crippen molar-refractivity contribution in [1.82, 2.24) is 4.98 Å². The van der Waals surface area contributed by atoms with Crippen LogP contribution in [0.5, 0.6) is 0 Å². The second-order valence-corrected chi connectivity index (χ2v) is 5.08. The maximum absolute atomic E-state index is 7.42. The number of thiophene rings is 1. The van der Waals surface area contributed by atoms with Gasteiger partial charge in [0.15, 0.2) is 0 Å². The number of aromatic nitrogens is 1. The van der Waals surface area contributed by atoms with Crippen molar-refractivity contribution in [1.29, 1.82) is 5.41 Å². The van der Waals surface area contributed by atoms with Gasteiger partial charge in [-0.15, -0.1) is 11.3 Å². The average Bonchev–Trinajstić information content (AvgIpc) is 2.91. The molecule has 3 N–H and O–H groups in total. The number of hydrogen-bond donors (Lipinski definition) is 2. The van der Waals surface area contributed by atoms with Crippen molar-refractivity contribution >= 4 is 23.0 Å². The van der Waals surface area contributed by atoms with Crippen LogP contribution in [-0.2, 0) is 0 Å². The van der Waals surface area contributed by atoms with Crippen molar-refractivity contribution in [3.05, 3.63) is 46.3 Å². The molecule has 1 atom stereocenters. The Balaban J connectivity index is 2.25. The Morgan fingerprint density at radius 3 is 2.78 bits per heavy atom. The highest BCUT2D eigenvalue weighted by atomic mass is 32.1. The summed E-state index contributed by atoms with van der Waals surface area (Å²) in [6.07, 6.45) is 0. The molecule has 0 aliphatic heterocycles. The summed E-state index contributed by atoms with van der Waals surface area (Å²) in [7, 11) is 2.00. The van der Waals surface area contributed by atoms with Crippen LogP contribution in [0.2, 0.25) is 0 Å². The normalized spacial score (nSPS) is 12.1. The second-order valence-electron chi connectivity index (χ2n) is 4.10. The number of pyridine rings is 1. The van der Waals surface area contributed by atoms with Gasteiger partial charge in [-0.3, -0.25) is 5.41 Å². The lowest BCUT2D eigenvalue weighted by molar-refractivity contribution is 0.742. The monoisotopic (exact) mass is 260 g/mol. The van der Waals surface area contributed by atoms with Crippen LogP contribution in [0.3, 0.4) is 0 Å². The number of nitrogens with two attached hydrogens (primary N) is 1. The molecule has 18 heavy (non-hydrogen) atoms. The number of nitrogens with zero attached hydrogens (tertiary/aromatic N) is 2. The molecule has 0 radical (unpaired) electrons. The standard InChI is InChI=1S/C13H16N4S/c1-9(11-6-4-8-18-11)17(2)12-7-3-5-10(16-12)13(14)15/h3-9H,1-2H3,(H3,14,15). The van der Waals surface area contributed by atoms with Crippen LogP contribution in [0.4, 0.5) is 5.82 Å². The largest absolute Gasteiger partial charge is 0.382 e. The van der Waals surface area contributed by atoms with E-state index < -0.39 is 0 Å². The number of nitrogen functional groups attached to an aromatic ring is 1. The molecular formula is C13H16N4S. The highest BCUT2D eigenvalue weighted by Crippen LogP contribution is 2.26. The fraction of sp³-hybridized carbons (Fsp3) is 0.231. The number of anilines is 1. The van der Waals surface area contributed by atoms with E-state index in [-0.39, 0.29) is 11.9 Å². The third kappa shape index (κ3) is 2.51. The zero-order valence-electron chi connectivity index (χ0n) is 10.4. The van der Waals surface area contributed by atoms with Crippen molar-refractivity contribution < 1.29 is 0 Å². The van der Waals surface area contributed by atoms with Gasteiger partial charge in [0.05, 0.1) is 6.04 Å². The quantitative estimate of drug-likeness (QED) is 0.656. The number of nitrogens with one attached hydrogen (secondary N) is 1. The van der Waals surface area contributed by atoms with Crippen LogP contribution >= 0.6 is 11.3 Å². The molecule has 94 valence electrons. The molecule has 2 aromatic heterocycles. The first-order valence-electron chi connectivity index (χ1n) is 5.67.